The van der Waals surface area contributed by atoms with E-state index < -0.39 is 6.23 Å². The summed E-state index contributed by atoms with van der Waals surface area (Å²) in [6.07, 6.45) is 7.93. The first-order chi connectivity index (χ1) is 16.1. The molecule has 0 saturated carbocycles. The van der Waals surface area contributed by atoms with Crippen LogP contribution >= 0.6 is 34.7 Å². The second-order valence-electron chi connectivity index (χ2n) is 7.81. The molecule has 0 aliphatic rings. The van der Waals surface area contributed by atoms with Crippen molar-refractivity contribution in [2.24, 2.45) is 0 Å². The van der Waals surface area contributed by atoms with E-state index in [1.165, 1.54) is 30.5 Å². The molecule has 4 rings (SSSR count). The summed E-state index contributed by atoms with van der Waals surface area (Å²) >= 11 is 9.43. The molecule has 0 radical (unpaired) electrons. The average molecular weight is 503 g/mol. The fourth-order valence-electron chi connectivity index (χ4n) is 3.55. The van der Waals surface area contributed by atoms with E-state index in [0.29, 0.717) is 10.7 Å². The van der Waals surface area contributed by atoms with Crippen molar-refractivity contribution in [2.75, 3.05) is 5.32 Å². The van der Waals surface area contributed by atoms with Crippen LogP contribution < -0.4 is 5.32 Å². The number of hydrogen-bond acceptors (Lipinski definition) is 8. The molecule has 0 amide bonds. The first kappa shape index (κ1) is 23.9. The third kappa shape index (κ3) is 5.84. The van der Waals surface area contributed by atoms with Crippen LogP contribution in [0.25, 0.3) is 16.7 Å². The highest BCUT2D eigenvalue weighted by Crippen LogP contribution is 2.34. The van der Waals surface area contributed by atoms with Crippen molar-refractivity contribution in [3.63, 3.8) is 0 Å². The van der Waals surface area contributed by atoms with Crippen LogP contribution in [-0.4, -0.2) is 41.3 Å². The number of para-hydroxylation sites is 1. The molecule has 174 valence electrons. The number of halogens is 1. The lowest BCUT2D eigenvalue weighted by Gasteiger charge is -2.23. The Morgan fingerprint density at radius 3 is 2.82 bits per heavy atom. The van der Waals surface area contributed by atoms with Gasteiger partial charge in [0.1, 0.15) is 17.6 Å². The number of aliphatic hydroxyl groups excluding tert-OH is 1. The lowest BCUT2D eigenvalue weighted by atomic mass is 10.1. The number of rotatable bonds is 11. The molecule has 2 N–H and O–H groups in total. The number of nitrogens with zero attached hydrogens (tertiary/aromatic N) is 5. The van der Waals surface area contributed by atoms with Crippen molar-refractivity contribution in [3.8, 4) is 5.69 Å². The van der Waals surface area contributed by atoms with Crippen LogP contribution in [0.2, 0.25) is 5.02 Å². The number of thiazole rings is 1. The van der Waals surface area contributed by atoms with Crippen LogP contribution in [0.1, 0.15) is 44.7 Å². The SMILES string of the molecule is CCCCCCC(Sc1ncnc2c1cnn2-c1ccccc1Cl)C(O)Nc1nc(C)cs1. The molecule has 0 spiro atoms. The number of benzene rings is 1. The van der Waals surface area contributed by atoms with Crippen molar-refractivity contribution in [2.45, 2.75) is 62.5 Å². The summed E-state index contributed by atoms with van der Waals surface area (Å²) < 4.78 is 1.73. The van der Waals surface area contributed by atoms with Gasteiger partial charge in [0.2, 0.25) is 0 Å². The molecule has 0 aliphatic carbocycles. The molecule has 2 atom stereocenters. The van der Waals surface area contributed by atoms with Gasteiger partial charge in [0.25, 0.3) is 0 Å². The molecule has 0 fully saturated rings. The fraction of sp³-hybridized carbons (Fsp3) is 0.391. The van der Waals surface area contributed by atoms with Crippen molar-refractivity contribution in [1.82, 2.24) is 24.7 Å². The van der Waals surface area contributed by atoms with Crippen molar-refractivity contribution >= 4 is 50.9 Å². The third-order valence-electron chi connectivity index (χ3n) is 5.26. The summed E-state index contributed by atoms with van der Waals surface area (Å²) in [5, 5.41) is 23.5. The predicted octanol–water partition coefficient (Wildman–Crippen LogP) is 6.10. The second-order valence-corrected chi connectivity index (χ2v) is 10.3. The number of unbranched alkanes of at least 4 members (excludes halogenated alkanes) is 3. The summed E-state index contributed by atoms with van der Waals surface area (Å²) in [6.45, 7) is 4.14. The molecule has 7 nitrogen and oxygen atoms in total. The van der Waals surface area contributed by atoms with Gasteiger partial charge in [-0.05, 0) is 25.5 Å². The Hall–Kier alpha value is -2.20. The van der Waals surface area contributed by atoms with Gasteiger partial charge in [-0.15, -0.1) is 11.3 Å². The summed E-state index contributed by atoms with van der Waals surface area (Å²) in [6, 6.07) is 7.54. The van der Waals surface area contributed by atoms with E-state index in [4.69, 9.17) is 11.6 Å². The van der Waals surface area contributed by atoms with Crippen molar-refractivity contribution in [1.29, 1.82) is 0 Å². The Bertz CT molecular complexity index is 1200. The van der Waals surface area contributed by atoms with Gasteiger partial charge in [-0.25, -0.2) is 19.6 Å². The van der Waals surface area contributed by atoms with Crippen LogP contribution in [0, 0.1) is 6.92 Å². The number of fused-ring (bicyclic) bond motifs is 1. The minimum Gasteiger partial charge on any atom is -0.373 e. The molecule has 3 heterocycles. The van der Waals surface area contributed by atoms with Gasteiger partial charge in [-0.2, -0.15) is 5.10 Å². The lowest BCUT2D eigenvalue weighted by molar-refractivity contribution is 0.195. The molecule has 10 heteroatoms. The van der Waals surface area contributed by atoms with Gasteiger partial charge < -0.3 is 10.4 Å². The maximum Gasteiger partial charge on any atom is 0.184 e. The molecule has 0 aliphatic heterocycles. The Labute approximate surface area is 206 Å². The maximum atomic E-state index is 11.0. The number of thioether (sulfide) groups is 1. The molecular formula is C23H27ClN6OS2. The molecule has 1 aromatic carbocycles. The number of nitrogens with one attached hydrogen (secondary N) is 1. The zero-order chi connectivity index (χ0) is 23.2. The standard InChI is InChI=1S/C23H27ClN6OS2/c1-3-4-5-6-11-19(21(31)29-23-28-15(2)13-32-23)33-22-16-12-27-30(20(16)25-14-26-22)18-10-8-7-9-17(18)24/h7-10,12-14,19,21,31H,3-6,11H2,1-2H3,(H,28,29). The highest BCUT2D eigenvalue weighted by atomic mass is 35.5. The van der Waals surface area contributed by atoms with Crippen LogP contribution in [0.3, 0.4) is 0 Å². The van der Waals surface area contributed by atoms with Gasteiger partial charge in [0, 0.05) is 5.38 Å². The van der Waals surface area contributed by atoms with Gasteiger partial charge in [0.05, 0.1) is 33.2 Å². The summed E-state index contributed by atoms with van der Waals surface area (Å²) in [7, 11) is 0. The monoisotopic (exact) mass is 502 g/mol. The Morgan fingerprint density at radius 1 is 1.21 bits per heavy atom. The number of aryl methyl sites for hydroxylation is 1. The Balaban J connectivity index is 1.59. The van der Waals surface area contributed by atoms with Gasteiger partial charge in [0.15, 0.2) is 10.8 Å². The van der Waals surface area contributed by atoms with E-state index in [-0.39, 0.29) is 5.25 Å². The summed E-state index contributed by atoms with van der Waals surface area (Å²) in [4.78, 5) is 13.4. The second kappa shape index (κ2) is 11.3. The largest absolute Gasteiger partial charge is 0.373 e. The van der Waals surface area contributed by atoms with Gasteiger partial charge in [-0.3, -0.25) is 0 Å². The number of hydrogen-bond donors (Lipinski definition) is 2. The van der Waals surface area contributed by atoms with Crippen LogP contribution in [0.15, 0.2) is 47.2 Å². The number of aromatic nitrogens is 5. The molecular weight excluding hydrogens is 476 g/mol. The Kier molecular flexibility index (Phi) is 8.19. The van der Waals surface area contributed by atoms with E-state index in [0.717, 1.165) is 46.2 Å². The molecule has 3 aromatic heterocycles. The number of aliphatic hydroxyl groups is 1. The van der Waals surface area contributed by atoms with Crippen molar-refractivity contribution in [3.05, 3.63) is 52.9 Å². The van der Waals surface area contributed by atoms with Crippen LogP contribution in [0.4, 0.5) is 5.13 Å². The maximum absolute atomic E-state index is 11.0. The molecule has 33 heavy (non-hydrogen) atoms. The quantitative estimate of drug-likeness (QED) is 0.111. The highest BCUT2D eigenvalue weighted by Gasteiger charge is 2.24. The van der Waals surface area contributed by atoms with E-state index in [1.54, 1.807) is 22.6 Å². The fourth-order valence-corrected chi connectivity index (χ4v) is 5.64. The normalized spacial score (nSPS) is 13.3. The van der Waals surface area contributed by atoms with E-state index in [1.807, 2.05) is 36.6 Å². The lowest BCUT2D eigenvalue weighted by Crippen LogP contribution is -2.31. The number of anilines is 1. The smallest absolute Gasteiger partial charge is 0.184 e. The highest BCUT2D eigenvalue weighted by molar-refractivity contribution is 8.00. The average Bonchev–Trinajstić information content (AvgIpc) is 3.42. The molecule has 4 aromatic rings. The summed E-state index contributed by atoms with van der Waals surface area (Å²) in [5.74, 6) is 0. The first-order valence-corrected chi connectivity index (χ1v) is 13.2. The first-order valence-electron chi connectivity index (χ1n) is 11.0. The third-order valence-corrected chi connectivity index (χ3v) is 7.81. The van der Waals surface area contributed by atoms with Gasteiger partial charge in [-0.1, -0.05) is 68.1 Å². The van der Waals surface area contributed by atoms with E-state index in [9.17, 15) is 5.11 Å². The van der Waals surface area contributed by atoms with Crippen LogP contribution in [-0.2, 0) is 0 Å². The van der Waals surface area contributed by atoms with E-state index in [2.05, 4.69) is 32.3 Å². The summed E-state index contributed by atoms with van der Waals surface area (Å²) in [5.41, 5.74) is 2.38. The molecule has 2 unspecified atom stereocenters. The van der Waals surface area contributed by atoms with Crippen molar-refractivity contribution < 1.29 is 5.11 Å². The Morgan fingerprint density at radius 2 is 2.06 bits per heavy atom. The predicted molar refractivity (Wildman–Crippen MR) is 137 cm³/mol. The van der Waals surface area contributed by atoms with E-state index >= 15 is 0 Å². The minimum absolute atomic E-state index is 0.104. The topological polar surface area (TPSA) is 88.8 Å². The molecule has 0 saturated heterocycles. The molecule has 0 bridgehead atoms. The minimum atomic E-state index is -0.759. The van der Waals surface area contributed by atoms with Crippen LogP contribution in [0.5, 0.6) is 0 Å². The zero-order valence-corrected chi connectivity index (χ0v) is 21.0. The zero-order valence-electron chi connectivity index (χ0n) is 18.6. The van der Waals surface area contributed by atoms with Gasteiger partial charge >= 0.3 is 0 Å².